The number of ether oxygens (including phenoxy) is 2. The molecule has 1 aliphatic heterocycles. The first-order valence-electron chi connectivity index (χ1n) is 6.60. The van der Waals surface area contributed by atoms with Crippen molar-refractivity contribution in [3.05, 3.63) is 21.9 Å². The molecule has 1 N–H and O–H groups in total. The van der Waals surface area contributed by atoms with Crippen molar-refractivity contribution in [1.82, 2.24) is 5.32 Å². The largest absolute Gasteiger partial charge is 0.463 e. The number of urea groups is 1. The van der Waals surface area contributed by atoms with E-state index in [1.165, 1.54) is 0 Å². The van der Waals surface area contributed by atoms with Crippen molar-refractivity contribution in [1.29, 1.82) is 0 Å². The molecule has 2 atom stereocenters. The summed E-state index contributed by atoms with van der Waals surface area (Å²) in [5.74, 6) is -0.998. The fourth-order valence-electron chi connectivity index (χ4n) is 2.20. The topological polar surface area (TPSA) is 77.0 Å². The number of aliphatic imine (C=N–C) groups is 1. The number of nitrogens with one attached hydrogen (secondary N) is 1. The second-order valence-corrected chi connectivity index (χ2v) is 6.09. The van der Waals surface area contributed by atoms with Crippen LogP contribution >= 0.6 is 11.3 Å². The lowest BCUT2D eigenvalue weighted by atomic mass is 9.92. The van der Waals surface area contributed by atoms with Gasteiger partial charge < -0.3 is 14.8 Å². The SMILES string of the molecule is COCCOC(=O)C1C(C)=NC(=O)NC1c1ccc(C)s1. The quantitative estimate of drug-likeness (QED) is 0.667. The molecular weight excluding hydrogens is 292 g/mol. The number of hydrogen-bond donors (Lipinski definition) is 1. The van der Waals surface area contributed by atoms with Crippen LogP contribution in [0.1, 0.15) is 22.7 Å². The maximum atomic E-state index is 12.3. The Morgan fingerprint density at radius 3 is 2.76 bits per heavy atom. The molecule has 0 saturated heterocycles. The van der Waals surface area contributed by atoms with Crippen LogP contribution in [-0.4, -0.2) is 38.0 Å². The van der Waals surface area contributed by atoms with Crippen LogP contribution in [0.4, 0.5) is 4.79 Å². The molecule has 1 aromatic rings. The van der Waals surface area contributed by atoms with Crippen molar-refractivity contribution in [2.45, 2.75) is 19.9 Å². The maximum Gasteiger partial charge on any atom is 0.341 e. The Bertz CT molecular complexity index is 567. The Balaban J connectivity index is 2.22. The maximum absolute atomic E-state index is 12.3. The fraction of sp³-hybridized carbons (Fsp3) is 0.500. The van der Waals surface area contributed by atoms with E-state index < -0.39 is 24.0 Å². The molecule has 1 aliphatic rings. The highest BCUT2D eigenvalue weighted by Gasteiger charge is 2.38. The van der Waals surface area contributed by atoms with E-state index in [0.717, 1.165) is 9.75 Å². The Labute approximate surface area is 127 Å². The molecule has 2 unspecified atom stereocenters. The van der Waals surface area contributed by atoms with Crippen LogP contribution in [0, 0.1) is 12.8 Å². The predicted octanol–water partition coefficient (Wildman–Crippen LogP) is 2.09. The molecule has 0 aliphatic carbocycles. The molecule has 2 heterocycles. The van der Waals surface area contributed by atoms with E-state index >= 15 is 0 Å². The third-order valence-corrected chi connectivity index (χ3v) is 4.28. The number of carbonyl (C=O) groups excluding carboxylic acids is 2. The zero-order valence-electron chi connectivity index (χ0n) is 12.2. The van der Waals surface area contributed by atoms with E-state index in [1.807, 2.05) is 19.1 Å². The summed E-state index contributed by atoms with van der Waals surface area (Å²) < 4.78 is 10.1. The summed E-state index contributed by atoms with van der Waals surface area (Å²) in [6.45, 7) is 4.17. The van der Waals surface area contributed by atoms with Gasteiger partial charge in [0.15, 0.2) is 0 Å². The smallest absolute Gasteiger partial charge is 0.341 e. The Morgan fingerprint density at radius 2 is 2.14 bits per heavy atom. The van der Waals surface area contributed by atoms with Crippen LogP contribution in [0.5, 0.6) is 0 Å². The molecule has 6 nitrogen and oxygen atoms in total. The van der Waals surface area contributed by atoms with Gasteiger partial charge in [0.05, 0.1) is 12.6 Å². The van der Waals surface area contributed by atoms with Gasteiger partial charge in [-0.1, -0.05) is 0 Å². The number of thiophene rings is 1. The van der Waals surface area contributed by atoms with E-state index in [1.54, 1.807) is 25.4 Å². The normalized spacial score (nSPS) is 21.7. The molecule has 0 spiro atoms. The van der Waals surface area contributed by atoms with Gasteiger partial charge in [-0.25, -0.2) is 9.79 Å². The zero-order valence-corrected chi connectivity index (χ0v) is 13.0. The number of hydrogen-bond acceptors (Lipinski definition) is 5. The third-order valence-electron chi connectivity index (χ3n) is 3.19. The lowest BCUT2D eigenvalue weighted by Crippen LogP contribution is -2.44. The summed E-state index contributed by atoms with van der Waals surface area (Å²) >= 11 is 1.55. The number of esters is 1. The number of nitrogens with zero attached hydrogens (tertiary/aromatic N) is 1. The van der Waals surface area contributed by atoms with Gasteiger partial charge in [0, 0.05) is 22.6 Å². The van der Waals surface area contributed by atoms with Crippen molar-refractivity contribution in [3.63, 3.8) is 0 Å². The zero-order chi connectivity index (χ0) is 15.4. The van der Waals surface area contributed by atoms with Crippen LogP contribution in [0.25, 0.3) is 0 Å². The van der Waals surface area contributed by atoms with Gasteiger partial charge in [0.2, 0.25) is 0 Å². The highest BCUT2D eigenvalue weighted by Crippen LogP contribution is 2.32. The highest BCUT2D eigenvalue weighted by molar-refractivity contribution is 7.12. The highest BCUT2D eigenvalue weighted by atomic mass is 32.1. The van der Waals surface area contributed by atoms with Crippen LogP contribution in [0.15, 0.2) is 17.1 Å². The minimum Gasteiger partial charge on any atom is -0.463 e. The average Bonchev–Trinajstić information content (AvgIpc) is 2.84. The summed E-state index contributed by atoms with van der Waals surface area (Å²) in [5, 5.41) is 2.75. The van der Waals surface area contributed by atoms with E-state index in [2.05, 4.69) is 10.3 Å². The van der Waals surface area contributed by atoms with E-state index in [4.69, 9.17) is 9.47 Å². The molecule has 114 valence electrons. The standard InChI is InChI=1S/C14H18N2O4S/c1-8-4-5-10(21-8)12-11(9(2)15-14(18)16-12)13(17)20-7-6-19-3/h4-5,11-12H,6-7H2,1-3H3,(H,16,18). The van der Waals surface area contributed by atoms with Gasteiger partial charge in [-0.2, -0.15) is 0 Å². The van der Waals surface area contributed by atoms with Gasteiger partial charge in [-0.05, 0) is 26.0 Å². The first-order valence-corrected chi connectivity index (χ1v) is 7.42. The van der Waals surface area contributed by atoms with Crippen molar-refractivity contribution < 1.29 is 19.1 Å². The number of carbonyl (C=O) groups is 2. The summed E-state index contributed by atoms with van der Waals surface area (Å²) in [5.41, 5.74) is 0.470. The number of rotatable bonds is 5. The molecule has 2 amide bonds. The van der Waals surface area contributed by atoms with Crippen LogP contribution < -0.4 is 5.32 Å². The lowest BCUT2D eigenvalue weighted by Gasteiger charge is -2.28. The van der Waals surface area contributed by atoms with Gasteiger partial charge in [0.25, 0.3) is 0 Å². The van der Waals surface area contributed by atoms with Crippen molar-refractivity contribution in [2.75, 3.05) is 20.3 Å². The molecule has 0 saturated carbocycles. The average molecular weight is 310 g/mol. The Hall–Kier alpha value is -1.73. The molecule has 7 heteroatoms. The molecular formula is C14H18N2O4S. The molecule has 2 rings (SSSR count). The van der Waals surface area contributed by atoms with Gasteiger partial charge in [0.1, 0.15) is 12.5 Å². The van der Waals surface area contributed by atoms with E-state index in [0.29, 0.717) is 12.3 Å². The second kappa shape index (κ2) is 6.82. The second-order valence-electron chi connectivity index (χ2n) is 4.77. The molecule has 0 fully saturated rings. The Kier molecular flexibility index (Phi) is 5.08. The molecule has 1 aromatic heterocycles. The van der Waals surface area contributed by atoms with E-state index in [9.17, 15) is 9.59 Å². The van der Waals surface area contributed by atoms with Crippen molar-refractivity contribution >= 4 is 29.0 Å². The molecule has 0 aromatic carbocycles. The summed E-state index contributed by atoms with van der Waals surface area (Å²) in [4.78, 5) is 29.8. The van der Waals surface area contributed by atoms with Crippen LogP contribution in [-0.2, 0) is 14.3 Å². The van der Waals surface area contributed by atoms with Gasteiger partial charge in [-0.3, -0.25) is 4.79 Å². The number of aryl methyl sites for hydroxylation is 1. The number of methoxy groups -OCH3 is 1. The monoisotopic (exact) mass is 310 g/mol. The van der Waals surface area contributed by atoms with Gasteiger partial charge in [-0.15, -0.1) is 11.3 Å². The van der Waals surface area contributed by atoms with Gasteiger partial charge >= 0.3 is 12.0 Å². The number of amides is 2. The van der Waals surface area contributed by atoms with Crippen molar-refractivity contribution in [2.24, 2.45) is 10.9 Å². The van der Waals surface area contributed by atoms with Crippen LogP contribution in [0.3, 0.4) is 0 Å². The van der Waals surface area contributed by atoms with Crippen molar-refractivity contribution in [3.8, 4) is 0 Å². The van der Waals surface area contributed by atoms with E-state index in [-0.39, 0.29) is 6.61 Å². The summed E-state index contributed by atoms with van der Waals surface area (Å²) in [6.07, 6.45) is 0. The third kappa shape index (κ3) is 3.68. The molecule has 0 radical (unpaired) electrons. The summed E-state index contributed by atoms with van der Waals surface area (Å²) in [7, 11) is 1.54. The van der Waals surface area contributed by atoms with Crippen LogP contribution in [0.2, 0.25) is 0 Å². The molecule has 21 heavy (non-hydrogen) atoms. The minimum absolute atomic E-state index is 0.184. The predicted molar refractivity (Wildman–Crippen MR) is 79.8 cm³/mol. The summed E-state index contributed by atoms with van der Waals surface area (Å²) in [6, 6.07) is 3.02. The minimum atomic E-state index is -0.599. The molecule has 0 bridgehead atoms. The first-order chi connectivity index (χ1) is 10.0. The fourth-order valence-corrected chi connectivity index (χ4v) is 3.16. The Morgan fingerprint density at radius 1 is 1.38 bits per heavy atom. The lowest BCUT2D eigenvalue weighted by molar-refractivity contribution is -0.148. The first kappa shape index (κ1) is 15.7.